The highest BCUT2D eigenvalue weighted by Gasteiger charge is 2.29. The zero-order valence-electron chi connectivity index (χ0n) is 15.2. The van der Waals surface area contributed by atoms with Gasteiger partial charge in [0.1, 0.15) is 11.6 Å². The fourth-order valence-electron chi connectivity index (χ4n) is 3.00. The zero-order chi connectivity index (χ0) is 18.6. The van der Waals surface area contributed by atoms with E-state index in [9.17, 15) is 5.11 Å². The Morgan fingerprint density at radius 2 is 1.89 bits per heavy atom. The fraction of sp³-hybridized carbons (Fsp3) is 0.238. The predicted molar refractivity (Wildman–Crippen MR) is 105 cm³/mol. The van der Waals surface area contributed by atoms with Crippen molar-refractivity contribution >= 4 is 17.5 Å². The number of phenols is 1. The van der Waals surface area contributed by atoms with Gasteiger partial charge in [-0.05, 0) is 24.6 Å². The average Bonchev–Trinajstić information content (AvgIpc) is 2.61. The summed E-state index contributed by atoms with van der Waals surface area (Å²) < 4.78 is 5.96. The molecule has 0 atom stereocenters. The molecule has 0 radical (unpaired) electrons. The molecule has 6 heteroatoms. The lowest BCUT2D eigenvalue weighted by Gasteiger charge is -2.39. The molecule has 1 aliphatic heterocycles. The monoisotopic (exact) mass is 362 g/mol. The first kappa shape index (κ1) is 17.3. The molecule has 0 amide bonds. The number of nitrogens with one attached hydrogen (secondary N) is 1. The van der Waals surface area contributed by atoms with Gasteiger partial charge in [-0.15, -0.1) is 0 Å². The molecule has 0 spiro atoms. The maximum Gasteiger partial charge on any atom is 0.229 e. The third-order valence-electron chi connectivity index (χ3n) is 4.44. The Hall–Kier alpha value is -3.12. The van der Waals surface area contributed by atoms with E-state index in [2.05, 4.69) is 32.3 Å². The number of hydrogen-bond acceptors (Lipinski definition) is 6. The van der Waals surface area contributed by atoms with Gasteiger partial charge in [0.05, 0.1) is 12.7 Å². The van der Waals surface area contributed by atoms with E-state index in [-0.39, 0.29) is 11.9 Å². The molecular weight excluding hydrogens is 340 g/mol. The molecule has 0 bridgehead atoms. The second-order valence-electron chi connectivity index (χ2n) is 6.69. The van der Waals surface area contributed by atoms with E-state index in [1.807, 2.05) is 37.3 Å². The van der Waals surface area contributed by atoms with Crippen LogP contribution in [0.15, 0.2) is 60.7 Å². The predicted octanol–water partition coefficient (Wildman–Crippen LogP) is 3.64. The van der Waals surface area contributed by atoms with Gasteiger partial charge < -0.3 is 20.1 Å². The van der Waals surface area contributed by atoms with E-state index in [0.717, 1.165) is 30.3 Å². The minimum atomic E-state index is 0.203. The molecule has 1 fully saturated rings. The summed E-state index contributed by atoms with van der Waals surface area (Å²) >= 11 is 0. The minimum absolute atomic E-state index is 0.203. The lowest BCUT2D eigenvalue weighted by molar-refractivity contribution is 0.0221. The standard InChI is InChI=1S/C21H22N4O2/c1-15-10-20(24-21(22-15)23-17-8-5-9-18(26)11-17)25-12-19(13-25)27-14-16-6-3-2-4-7-16/h2-11,19,26H,12-14H2,1H3,(H,22,23,24). The number of ether oxygens (including phenoxy) is 1. The van der Waals surface area contributed by atoms with Crippen molar-refractivity contribution in [3.05, 3.63) is 71.9 Å². The van der Waals surface area contributed by atoms with Crippen molar-refractivity contribution in [2.45, 2.75) is 19.6 Å². The lowest BCUT2D eigenvalue weighted by Crippen LogP contribution is -2.52. The molecular formula is C21H22N4O2. The van der Waals surface area contributed by atoms with Crippen LogP contribution in [0.25, 0.3) is 0 Å². The van der Waals surface area contributed by atoms with Crippen LogP contribution in [0.1, 0.15) is 11.3 Å². The van der Waals surface area contributed by atoms with Crippen LogP contribution in [0.2, 0.25) is 0 Å². The molecule has 0 saturated carbocycles. The second kappa shape index (κ2) is 7.63. The van der Waals surface area contributed by atoms with Crippen LogP contribution >= 0.6 is 0 Å². The van der Waals surface area contributed by atoms with Gasteiger partial charge in [0, 0.05) is 36.6 Å². The molecule has 2 aromatic carbocycles. The number of nitrogens with zero attached hydrogens (tertiary/aromatic N) is 3. The number of anilines is 3. The Balaban J connectivity index is 1.36. The smallest absolute Gasteiger partial charge is 0.229 e. The SMILES string of the molecule is Cc1cc(N2CC(OCc3ccccc3)C2)nc(Nc2cccc(O)c2)n1. The molecule has 6 nitrogen and oxygen atoms in total. The van der Waals surface area contributed by atoms with Crippen molar-refractivity contribution in [3.63, 3.8) is 0 Å². The molecule has 0 unspecified atom stereocenters. The fourth-order valence-corrected chi connectivity index (χ4v) is 3.00. The van der Waals surface area contributed by atoms with Crippen LogP contribution in [0.3, 0.4) is 0 Å². The van der Waals surface area contributed by atoms with Gasteiger partial charge in [-0.3, -0.25) is 0 Å². The van der Waals surface area contributed by atoms with Crippen molar-refractivity contribution in [2.24, 2.45) is 0 Å². The summed E-state index contributed by atoms with van der Waals surface area (Å²) in [5.41, 5.74) is 2.82. The molecule has 4 rings (SSSR count). The first-order valence-electron chi connectivity index (χ1n) is 8.98. The van der Waals surface area contributed by atoms with Crippen LogP contribution < -0.4 is 10.2 Å². The number of phenolic OH excluding ortho intramolecular Hbond substituents is 1. The number of aromatic nitrogens is 2. The van der Waals surface area contributed by atoms with Gasteiger partial charge in [-0.2, -0.15) is 4.98 Å². The summed E-state index contributed by atoms with van der Waals surface area (Å²) in [6.07, 6.45) is 0.211. The molecule has 1 saturated heterocycles. The molecule has 138 valence electrons. The number of aryl methyl sites for hydroxylation is 1. The van der Waals surface area contributed by atoms with Crippen LogP contribution in [0.4, 0.5) is 17.5 Å². The minimum Gasteiger partial charge on any atom is -0.508 e. The summed E-state index contributed by atoms with van der Waals surface area (Å²) in [6.45, 7) is 4.21. The van der Waals surface area contributed by atoms with E-state index in [4.69, 9.17) is 4.74 Å². The van der Waals surface area contributed by atoms with Gasteiger partial charge in [0.2, 0.25) is 5.95 Å². The van der Waals surface area contributed by atoms with E-state index >= 15 is 0 Å². The summed E-state index contributed by atoms with van der Waals surface area (Å²) in [5, 5.41) is 12.7. The van der Waals surface area contributed by atoms with Crippen LogP contribution in [-0.4, -0.2) is 34.3 Å². The summed E-state index contributed by atoms with van der Waals surface area (Å²) in [7, 11) is 0. The molecule has 0 aliphatic carbocycles. The lowest BCUT2D eigenvalue weighted by atomic mass is 10.1. The normalized spacial score (nSPS) is 14.0. The third-order valence-corrected chi connectivity index (χ3v) is 4.44. The maximum atomic E-state index is 9.59. The van der Waals surface area contributed by atoms with Crippen molar-refractivity contribution in [1.29, 1.82) is 0 Å². The van der Waals surface area contributed by atoms with Crippen LogP contribution in [0.5, 0.6) is 5.75 Å². The van der Waals surface area contributed by atoms with E-state index in [1.54, 1.807) is 18.2 Å². The number of benzene rings is 2. The number of hydrogen-bond donors (Lipinski definition) is 2. The van der Waals surface area contributed by atoms with Crippen molar-refractivity contribution in [2.75, 3.05) is 23.3 Å². The molecule has 3 aromatic rings. The van der Waals surface area contributed by atoms with E-state index in [0.29, 0.717) is 12.6 Å². The number of rotatable bonds is 6. The van der Waals surface area contributed by atoms with Gasteiger partial charge in [-0.1, -0.05) is 36.4 Å². The summed E-state index contributed by atoms with van der Waals surface area (Å²) in [5.74, 6) is 1.60. The average molecular weight is 362 g/mol. The Bertz CT molecular complexity index is 911. The van der Waals surface area contributed by atoms with Gasteiger partial charge in [-0.25, -0.2) is 4.98 Å². The molecule has 1 aliphatic rings. The van der Waals surface area contributed by atoms with Crippen molar-refractivity contribution < 1.29 is 9.84 Å². The quantitative estimate of drug-likeness (QED) is 0.698. The summed E-state index contributed by atoms with van der Waals surface area (Å²) in [4.78, 5) is 11.2. The highest BCUT2D eigenvalue weighted by atomic mass is 16.5. The first-order chi connectivity index (χ1) is 13.2. The number of aromatic hydroxyl groups is 1. The van der Waals surface area contributed by atoms with Crippen LogP contribution in [0, 0.1) is 6.92 Å². The Kier molecular flexibility index (Phi) is 4.89. The molecule has 1 aromatic heterocycles. The highest BCUT2D eigenvalue weighted by Crippen LogP contribution is 2.25. The molecule has 2 heterocycles. The van der Waals surface area contributed by atoms with Crippen molar-refractivity contribution in [3.8, 4) is 5.75 Å². The van der Waals surface area contributed by atoms with Crippen molar-refractivity contribution in [1.82, 2.24) is 9.97 Å². The largest absolute Gasteiger partial charge is 0.508 e. The zero-order valence-corrected chi connectivity index (χ0v) is 15.2. The van der Waals surface area contributed by atoms with E-state index in [1.165, 1.54) is 5.56 Å². The second-order valence-corrected chi connectivity index (χ2v) is 6.69. The topological polar surface area (TPSA) is 70.5 Å². The van der Waals surface area contributed by atoms with Gasteiger partial charge >= 0.3 is 0 Å². The van der Waals surface area contributed by atoms with Gasteiger partial charge in [0.25, 0.3) is 0 Å². The molecule has 2 N–H and O–H groups in total. The third kappa shape index (κ3) is 4.35. The Morgan fingerprint density at radius 3 is 2.67 bits per heavy atom. The summed E-state index contributed by atoms with van der Waals surface area (Å²) in [6, 6.07) is 19.1. The Morgan fingerprint density at radius 1 is 1.07 bits per heavy atom. The maximum absolute atomic E-state index is 9.59. The van der Waals surface area contributed by atoms with E-state index < -0.39 is 0 Å². The van der Waals surface area contributed by atoms with Gasteiger partial charge in [0.15, 0.2) is 0 Å². The molecule has 27 heavy (non-hydrogen) atoms. The van der Waals surface area contributed by atoms with Crippen LogP contribution in [-0.2, 0) is 11.3 Å². The highest BCUT2D eigenvalue weighted by molar-refractivity contribution is 5.58. The first-order valence-corrected chi connectivity index (χ1v) is 8.98. The Labute approximate surface area is 158 Å².